The van der Waals surface area contributed by atoms with Gasteiger partial charge in [0.2, 0.25) is 0 Å². The maximum Gasteiger partial charge on any atom is 0.191 e. The van der Waals surface area contributed by atoms with Gasteiger partial charge in [-0.2, -0.15) is 0 Å². The molecule has 2 aromatic carbocycles. The second-order valence-corrected chi connectivity index (χ2v) is 7.13. The fourth-order valence-electron chi connectivity index (χ4n) is 2.97. The van der Waals surface area contributed by atoms with Crippen molar-refractivity contribution >= 4 is 5.96 Å². The standard InChI is InChI=1S/C25H31N3O3/c1-26-25(27-14-6-15-29-20-24-9-5-16-31-24)28-17-21-10-12-23(13-11-21)19-30-18-22-7-3-2-4-8-22/h2-5,7-13,16H,6,14-15,17-20H2,1H3,(H2,26,27,28). The van der Waals surface area contributed by atoms with Gasteiger partial charge in [-0.3, -0.25) is 4.99 Å². The molecule has 164 valence electrons. The van der Waals surface area contributed by atoms with E-state index in [4.69, 9.17) is 13.9 Å². The molecule has 31 heavy (non-hydrogen) atoms. The highest BCUT2D eigenvalue weighted by molar-refractivity contribution is 5.79. The molecule has 0 fully saturated rings. The number of nitrogens with one attached hydrogen (secondary N) is 2. The van der Waals surface area contributed by atoms with Crippen LogP contribution in [-0.4, -0.2) is 26.2 Å². The molecule has 0 spiro atoms. The fraction of sp³-hybridized carbons (Fsp3) is 0.320. The minimum absolute atomic E-state index is 0.507. The van der Waals surface area contributed by atoms with Gasteiger partial charge in [0.25, 0.3) is 0 Å². The minimum Gasteiger partial charge on any atom is -0.467 e. The lowest BCUT2D eigenvalue weighted by atomic mass is 10.1. The minimum atomic E-state index is 0.507. The molecule has 1 heterocycles. The van der Waals surface area contributed by atoms with E-state index in [1.165, 1.54) is 11.1 Å². The summed E-state index contributed by atoms with van der Waals surface area (Å²) in [6, 6.07) is 22.4. The highest BCUT2D eigenvalue weighted by atomic mass is 16.5. The summed E-state index contributed by atoms with van der Waals surface area (Å²) in [5, 5.41) is 6.64. The molecule has 0 atom stereocenters. The highest BCUT2D eigenvalue weighted by Crippen LogP contribution is 2.08. The van der Waals surface area contributed by atoms with Gasteiger partial charge in [-0.15, -0.1) is 0 Å². The monoisotopic (exact) mass is 421 g/mol. The maximum absolute atomic E-state index is 5.79. The molecule has 1 aromatic heterocycles. The number of hydrogen-bond acceptors (Lipinski definition) is 4. The summed E-state index contributed by atoms with van der Waals surface area (Å²) in [5.74, 6) is 1.63. The van der Waals surface area contributed by atoms with Crippen molar-refractivity contribution in [3.05, 3.63) is 95.4 Å². The molecule has 0 saturated carbocycles. The van der Waals surface area contributed by atoms with Crippen molar-refractivity contribution < 1.29 is 13.9 Å². The van der Waals surface area contributed by atoms with E-state index in [0.29, 0.717) is 33.0 Å². The first kappa shape index (κ1) is 22.6. The molecule has 6 heteroatoms. The molecule has 3 rings (SSSR count). The number of furan rings is 1. The summed E-state index contributed by atoms with van der Waals surface area (Å²) < 4.78 is 16.6. The third kappa shape index (κ3) is 8.66. The van der Waals surface area contributed by atoms with Gasteiger partial charge < -0.3 is 24.5 Å². The van der Waals surface area contributed by atoms with Crippen LogP contribution in [0.3, 0.4) is 0 Å². The maximum atomic E-state index is 5.79. The smallest absolute Gasteiger partial charge is 0.191 e. The predicted octanol–water partition coefficient (Wildman–Crippen LogP) is 4.27. The number of rotatable bonds is 12. The van der Waals surface area contributed by atoms with E-state index < -0.39 is 0 Å². The van der Waals surface area contributed by atoms with E-state index in [1.807, 2.05) is 30.3 Å². The summed E-state index contributed by atoms with van der Waals surface area (Å²) in [6.45, 7) is 3.90. The van der Waals surface area contributed by atoms with Gasteiger partial charge in [0.1, 0.15) is 12.4 Å². The number of hydrogen-bond donors (Lipinski definition) is 2. The van der Waals surface area contributed by atoms with Gasteiger partial charge in [-0.25, -0.2) is 0 Å². The van der Waals surface area contributed by atoms with E-state index in [2.05, 4.69) is 52.0 Å². The molecule has 0 aliphatic heterocycles. The molecular formula is C25H31N3O3. The molecule has 0 unspecified atom stereocenters. The number of ether oxygens (including phenoxy) is 2. The van der Waals surface area contributed by atoms with Crippen molar-refractivity contribution in [3.63, 3.8) is 0 Å². The van der Waals surface area contributed by atoms with E-state index >= 15 is 0 Å². The average molecular weight is 422 g/mol. The molecule has 0 aliphatic rings. The lowest BCUT2D eigenvalue weighted by Gasteiger charge is -2.12. The Balaban J connectivity index is 1.28. The van der Waals surface area contributed by atoms with Crippen molar-refractivity contribution in [1.29, 1.82) is 0 Å². The van der Waals surface area contributed by atoms with E-state index in [0.717, 1.165) is 30.2 Å². The highest BCUT2D eigenvalue weighted by Gasteiger charge is 2.01. The van der Waals surface area contributed by atoms with Gasteiger partial charge in [0.15, 0.2) is 5.96 Å². The molecule has 0 bridgehead atoms. The second-order valence-electron chi connectivity index (χ2n) is 7.13. The Kier molecular flexibility index (Phi) is 9.66. The van der Waals surface area contributed by atoms with Gasteiger partial charge in [0, 0.05) is 26.7 Å². The van der Waals surface area contributed by atoms with Crippen LogP contribution in [0.15, 0.2) is 82.4 Å². The molecular weight excluding hydrogens is 390 g/mol. The van der Waals surface area contributed by atoms with Crippen molar-refractivity contribution in [1.82, 2.24) is 10.6 Å². The first-order valence-corrected chi connectivity index (χ1v) is 10.6. The predicted molar refractivity (Wildman–Crippen MR) is 123 cm³/mol. The summed E-state index contributed by atoms with van der Waals surface area (Å²) in [7, 11) is 1.77. The zero-order chi connectivity index (χ0) is 21.6. The molecule has 3 aromatic rings. The third-order valence-corrected chi connectivity index (χ3v) is 4.67. The normalized spacial score (nSPS) is 11.5. The lowest BCUT2D eigenvalue weighted by Crippen LogP contribution is -2.37. The quantitative estimate of drug-likeness (QED) is 0.260. The number of benzene rings is 2. The Hall–Kier alpha value is -3.09. The molecule has 6 nitrogen and oxygen atoms in total. The first-order valence-electron chi connectivity index (χ1n) is 10.6. The Morgan fingerprint density at radius 2 is 1.55 bits per heavy atom. The van der Waals surface area contributed by atoms with Crippen molar-refractivity contribution in [2.75, 3.05) is 20.2 Å². The molecule has 0 radical (unpaired) electrons. The Morgan fingerprint density at radius 1 is 0.806 bits per heavy atom. The summed E-state index contributed by atoms with van der Waals surface area (Å²) >= 11 is 0. The molecule has 2 N–H and O–H groups in total. The number of nitrogens with zero attached hydrogens (tertiary/aromatic N) is 1. The van der Waals surface area contributed by atoms with Gasteiger partial charge >= 0.3 is 0 Å². The van der Waals surface area contributed by atoms with E-state index in [-0.39, 0.29) is 0 Å². The van der Waals surface area contributed by atoms with Crippen LogP contribution in [0.5, 0.6) is 0 Å². The molecule has 0 aliphatic carbocycles. The van der Waals surface area contributed by atoms with Crippen LogP contribution in [0, 0.1) is 0 Å². The van der Waals surface area contributed by atoms with Crippen LogP contribution in [0.4, 0.5) is 0 Å². The lowest BCUT2D eigenvalue weighted by molar-refractivity contribution is 0.105. The first-order chi connectivity index (χ1) is 15.3. The Labute approximate surface area is 184 Å². The topological polar surface area (TPSA) is 68.0 Å². The zero-order valence-corrected chi connectivity index (χ0v) is 18.0. The van der Waals surface area contributed by atoms with Crippen molar-refractivity contribution in [2.24, 2.45) is 4.99 Å². The number of guanidine groups is 1. The van der Waals surface area contributed by atoms with Crippen molar-refractivity contribution in [3.8, 4) is 0 Å². The van der Waals surface area contributed by atoms with Crippen LogP contribution in [0.2, 0.25) is 0 Å². The summed E-state index contributed by atoms with van der Waals surface area (Å²) in [6.07, 6.45) is 2.54. The Morgan fingerprint density at radius 3 is 2.26 bits per heavy atom. The second kappa shape index (κ2) is 13.3. The van der Waals surface area contributed by atoms with Crippen molar-refractivity contribution in [2.45, 2.75) is 32.8 Å². The van der Waals surface area contributed by atoms with Crippen LogP contribution in [0.1, 0.15) is 28.9 Å². The van der Waals surface area contributed by atoms with E-state index in [1.54, 1.807) is 13.3 Å². The fourth-order valence-corrected chi connectivity index (χ4v) is 2.97. The Bertz CT molecular complexity index is 878. The van der Waals surface area contributed by atoms with Crippen LogP contribution in [-0.2, 0) is 35.8 Å². The van der Waals surface area contributed by atoms with Gasteiger partial charge in [0.05, 0.1) is 19.5 Å². The van der Waals surface area contributed by atoms with Crippen LogP contribution in [0.25, 0.3) is 0 Å². The summed E-state index contributed by atoms with van der Waals surface area (Å²) in [5.41, 5.74) is 3.54. The largest absolute Gasteiger partial charge is 0.467 e. The number of aliphatic imine (C=N–C) groups is 1. The zero-order valence-electron chi connectivity index (χ0n) is 18.0. The average Bonchev–Trinajstić information content (AvgIpc) is 3.33. The SMILES string of the molecule is CN=C(NCCCOCc1ccco1)NCc1ccc(COCc2ccccc2)cc1. The van der Waals surface area contributed by atoms with Crippen LogP contribution < -0.4 is 10.6 Å². The van der Waals surface area contributed by atoms with E-state index in [9.17, 15) is 0 Å². The molecule has 0 saturated heterocycles. The van der Waals surface area contributed by atoms with Gasteiger partial charge in [-0.05, 0) is 35.2 Å². The van der Waals surface area contributed by atoms with Gasteiger partial charge in [-0.1, -0.05) is 54.6 Å². The third-order valence-electron chi connectivity index (χ3n) is 4.67. The van der Waals surface area contributed by atoms with Crippen LogP contribution >= 0.6 is 0 Å². The summed E-state index contributed by atoms with van der Waals surface area (Å²) in [4.78, 5) is 4.27. The molecule has 0 amide bonds.